The minimum absolute atomic E-state index is 0.449. The number of halogens is 1. The van der Waals surface area contributed by atoms with Gasteiger partial charge in [-0.25, -0.2) is 0 Å². The Morgan fingerprint density at radius 1 is 1.25 bits per heavy atom. The van der Waals surface area contributed by atoms with Crippen LogP contribution >= 0.6 is 15.9 Å². The summed E-state index contributed by atoms with van der Waals surface area (Å²) in [7, 11) is 0. The Morgan fingerprint density at radius 2 is 2.05 bits per heavy atom. The quantitative estimate of drug-likeness (QED) is 0.850. The lowest BCUT2D eigenvalue weighted by Crippen LogP contribution is -2.11. The lowest BCUT2D eigenvalue weighted by molar-refractivity contribution is 0.266. The van der Waals surface area contributed by atoms with Crippen LogP contribution in [-0.4, -0.2) is 6.54 Å². The molecule has 0 bridgehead atoms. The molecule has 0 aliphatic rings. The number of benzene rings is 1. The van der Waals surface area contributed by atoms with Crippen LogP contribution in [0.1, 0.15) is 29.6 Å². The first kappa shape index (κ1) is 15.1. The monoisotopic (exact) mass is 337 g/mol. The highest BCUT2D eigenvalue weighted by Crippen LogP contribution is 2.24. The Bertz CT molecular complexity index is 578. The maximum absolute atomic E-state index is 5.83. The Hall–Kier alpha value is -1.26. The van der Waals surface area contributed by atoms with Gasteiger partial charge in [-0.3, -0.25) is 0 Å². The fourth-order valence-electron chi connectivity index (χ4n) is 1.97. The first-order valence-corrected chi connectivity index (χ1v) is 7.57. The molecule has 0 fully saturated rings. The summed E-state index contributed by atoms with van der Waals surface area (Å²) in [6, 6.07) is 8.08. The van der Waals surface area contributed by atoms with Gasteiger partial charge in [0.25, 0.3) is 0 Å². The molecule has 0 aliphatic heterocycles. The average Bonchev–Trinajstić information content (AvgIpc) is 2.78. The van der Waals surface area contributed by atoms with E-state index >= 15 is 0 Å². The van der Waals surface area contributed by atoms with E-state index in [2.05, 4.69) is 34.2 Å². The molecule has 2 aromatic rings. The fourth-order valence-corrected chi connectivity index (χ4v) is 2.31. The summed E-state index contributed by atoms with van der Waals surface area (Å²) in [4.78, 5) is 0. The van der Waals surface area contributed by atoms with Gasteiger partial charge in [0.15, 0.2) is 0 Å². The first-order chi connectivity index (χ1) is 9.60. The molecule has 3 nitrogen and oxygen atoms in total. The molecule has 0 atom stereocenters. The average molecular weight is 338 g/mol. The van der Waals surface area contributed by atoms with E-state index < -0.39 is 0 Å². The van der Waals surface area contributed by atoms with E-state index in [0.29, 0.717) is 6.61 Å². The van der Waals surface area contributed by atoms with E-state index in [1.54, 1.807) is 0 Å². The number of hydrogen-bond acceptors (Lipinski definition) is 3. The van der Waals surface area contributed by atoms with Crippen molar-refractivity contribution in [3.05, 3.63) is 51.4 Å². The summed E-state index contributed by atoms with van der Waals surface area (Å²) < 4.78 is 12.6. The van der Waals surface area contributed by atoms with Gasteiger partial charge in [-0.1, -0.05) is 28.9 Å². The van der Waals surface area contributed by atoms with Crippen LogP contribution in [0.25, 0.3) is 0 Å². The molecule has 0 radical (unpaired) electrons. The molecule has 0 unspecified atom stereocenters. The number of hydrogen-bond donors (Lipinski definition) is 1. The predicted molar refractivity (Wildman–Crippen MR) is 84.0 cm³/mol. The second kappa shape index (κ2) is 6.95. The minimum atomic E-state index is 0.449. The summed E-state index contributed by atoms with van der Waals surface area (Å²) in [5, 5.41) is 3.30. The first-order valence-electron chi connectivity index (χ1n) is 6.78. The van der Waals surface area contributed by atoms with Crippen molar-refractivity contribution < 1.29 is 9.15 Å². The van der Waals surface area contributed by atoms with Crippen molar-refractivity contribution in [1.29, 1.82) is 0 Å². The van der Waals surface area contributed by atoms with E-state index in [4.69, 9.17) is 9.15 Å². The van der Waals surface area contributed by atoms with Crippen LogP contribution in [0.5, 0.6) is 5.75 Å². The third-order valence-electron chi connectivity index (χ3n) is 3.16. The molecule has 1 aromatic carbocycles. The van der Waals surface area contributed by atoms with Gasteiger partial charge in [0.05, 0.1) is 0 Å². The third-order valence-corrected chi connectivity index (χ3v) is 3.65. The van der Waals surface area contributed by atoms with Gasteiger partial charge in [0, 0.05) is 16.6 Å². The van der Waals surface area contributed by atoms with Gasteiger partial charge < -0.3 is 14.5 Å². The second-order valence-corrected chi connectivity index (χ2v) is 5.69. The molecular weight excluding hydrogens is 318 g/mol. The van der Waals surface area contributed by atoms with Crippen molar-refractivity contribution in [3.8, 4) is 5.75 Å². The molecule has 1 heterocycles. The third kappa shape index (κ3) is 3.87. The molecule has 0 spiro atoms. The normalized spacial score (nSPS) is 10.8. The zero-order valence-corrected chi connectivity index (χ0v) is 13.7. The molecule has 0 saturated carbocycles. The van der Waals surface area contributed by atoms with Crippen LogP contribution in [0.15, 0.2) is 33.2 Å². The van der Waals surface area contributed by atoms with Crippen LogP contribution in [0, 0.1) is 13.8 Å². The molecule has 1 aromatic heterocycles. The molecule has 20 heavy (non-hydrogen) atoms. The zero-order valence-electron chi connectivity index (χ0n) is 12.1. The van der Waals surface area contributed by atoms with E-state index in [1.807, 2.05) is 32.0 Å². The van der Waals surface area contributed by atoms with Gasteiger partial charge in [0.1, 0.15) is 23.9 Å². The lowest BCUT2D eigenvalue weighted by Gasteiger charge is -2.07. The highest BCUT2D eigenvalue weighted by Gasteiger charge is 2.08. The highest BCUT2D eigenvalue weighted by atomic mass is 79.9. The Morgan fingerprint density at radius 3 is 2.80 bits per heavy atom. The van der Waals surface area contributed by atoms with Crippen LogP contribution in [0.2, 0.25) is 0 Å². The molecule has 2 rings (SSSR count). The van der Waals surface area contributed by atoms with E-state index in [9.17, 15) is 0 Å². The summed E-state index contributed by atoms with van der Waals surface area (Å²) in [6.45, 7) is 8.35. The number of ether oxygens (including phenoxy) is 1. The standard InChI is InChI=1S/C16H20BrNO2/c1-4-18-9-13-7-15(20-12(13)3)10-19-16-8-14(17)6-5-11(16)2/h5-8,18H,4,9-10H2,1-3H3. The van der Waals surface area contributed by atoms with Crippen molar-refractivity contribution in [2.24, 2.45) is 0 Å². The Labute approximate surface area is 128 Å². The van der Waals surface area contributed by atoms with Gasteiger partial charge in [-0.05, 0) is 44.2 Å². The molecule has 108 valence electrons. The summed E-state index contributed by atoms with van der Waals surface area (Å²) in [6.07, 6.45) is 0. The molecule has 4 heteroatoms. The predicted octanol–water partition coefficient (Wildman–Crippen LogP) is 4.35. The maximum atomic E-state index is 5.83. The largest absolute Gasteiger partial charge is 0.485 e. The van der Waals surface area contributed by atoms with Crippen molar-refractivity contribution >= 4 is 15.9 Å². The Kier molecular flexibility index (Phi) is 5.26. The zero-order chi connectivity index (χ0) is 14.5. The van der Waals surface area contributed by atoms with E-state index in [-0.39, 0.29) is 0 Å². The van der Waals surface area contributed by atoms with Crippen molar-refractivity contribution in [3.63, 3.8) is 0 Å². The van der Waals surface area contributed by atoms with Crippen molar-refractivity contribution in [1.82, 2.24) is 5.32 Å². The maximum Gasteiger partial charge on any atom is 0.146 e. The smallest absolute Gasteiger partial charge is 0.146 e. The number of nitrogens with one attached hydrogen (secondary N) is 1. The van der Waals surface area contributed by atoms with Crippen LogP contribution in [0.3, 0.4) is 0 Å². The van der Waals surface area contributed by atoms with Crippen molar-refractivity contribution in [2.45, 2.75) is 33.9 Å². The number of furan rings is 1. The number of rotatable bonds is 6. The SMILES string of the molecule is CCNCc1cc(COc2cc(Br)ccc2C)oc1C. The second-order valence-electron chi connectivity index (χ2n) is 4.77. The minimum Gasteiger partial charge on any atom is -0.485 e. The highest BCUT2D eigenvalue weighted by molar-refractivity contribution is 9.10. The molecule has 0 amide bonds. The van der Waals surface area contributed by atoms with Gasteiger partial charge in [0.2, 0.25) is 0 Å². The Balaban J connectivity index is 2.02. The van der Waals surface area contributed by atoms with Crippen LogP contribution in [0.4, 0.5) is 0 Å². The molecule has 1 N–H and O–H groups in total. The lowest BCUT2D eigenvalue weighted by atomic mass is 10.2. The summed E-state index contributed by atoms with van der Waals surface area (Å²) in [5.41, 5.74) is 2.31. The topological polar surface area (TPSA) is 34.4 Å². The van der Waals surface area contributed by atoms with Gasteiger partial charge in [-0.2, -0.15) is 0 Å². The van der Waals surface area contributed by atoms with Gasteiger partial charge in [-0.15, -0.1) is 0 Å². The molecular formula is C16H20BrNO2. The van der Waals surface area contributed by atoms with E-state index in [1.165, 1.54) is 5.56 Å². The van der Waals surface area contributed by atoms with Crippen LogP contribution in [-0.2, 0) is 13.2 Å². The van der Waals surface area contributed by atoms with Crippen LogP contribution < -0.4 is 10.1 Å². The van der Waals surface area contributed by atoms with Crippen molar-refractivity contribution in [2.75, 3.05) is 6.54 Å². The number of aryl methyl sites for hydroxylation is 2. The fraction of sp³-hybridized carbons (Fsp3) is 0.375. The summed E-state index contributed by atoms with van der Waals surface area (Å²) >= 11 is 3.46. The molecule has 0 aliphatic carbocycles. The summed E-state index contributed by atoms with van der Waals surface area (Å²) in [5.74, 6) is 2.69. The van der Waals surface area contributed by atoms with E-state index in [0.717, 1.165) is 40.4 Å². The molecule has 0 saturated heterocycles. The van der Waals surface area contributed by atoms with Gasteiger partial charge >= 0.3 is 0 Å².